The number of para-hydroxylation sites is 1. The van der Waals surface area contributed by atoms with Gasteiger partial charge in [0.05, 0.1) is 0 Å². The summed E-state index contributed by atoms with van der Waals surface area (Å²) in [4.78, 5) is 2.49. The second-order valence-electron chi connectivity index (χ2n) is 8.45. The molecular weight excluding hydrogens is 456 g/mol. The average molecular weight is 485 g/mol. The zero-order chi connectivity index (χ0) is 24.6. The van der Waals surface area contributed by atoms with Gasteiger partial charge in [0.25, 0.3) is 0 Å². The molecule has 0 aromatic heterocycles. The van der Waals surface area contributed by atoms with Gasteiger partial charge < -0.3 is 4.74 Å². The number of benzene rings is 5. The molecule has 0 saturated carbocycles. The maximum atomic E-state index is 6.03. The first-order valence-corrected chi connectivity index (χ1v) is 13.1. The molecule has 0 radical (unpaired) electrons. The number of ether oxygens (including phenoxy) is 1. The first kappa shape index (κ1) is 23.7. The smallest absolute Gasteiger partial charge is 0.127 e. The minimum Gasteiger partial charge on any atom is -0.457 e. The van der Waals surface area contributed by atoms with E-state index in [9.17, 15) is 0 Å². The van der Waals surface area contributed by atoms with Crippen molar-refractivity contribution in [1.82, 2.24) is 0 Å². The van der Waals surface area contributed by atoms with Crippen LogP contribution in [0.2, 0.25) is 0 Å². The lowest BCUT2D eigenvalue weighted by Gasteiger charge is -2.17. The van der Waals surface area contributed by atoms with E-state index in [4.69, 9.17) is 4.74 Å². The molecule has 176 valence electrons. The van der Waals surface area contributed by atoms with E-state index in [-0.39, 0.29) is 0 Å². The van der Waals surface area contributed by atoms with Gasteiger partial charge in [-0.25, -0.2) is 0 Å². The quantitative estimate of drug-likeness (QED) is 0.203. The molecule has 0 spiro atoms. The zero-order valence-electron chi connectivity index (χ0n) is 20.3. The normalized spacial score (nSPS) is 11.6. The molecule has 0 saturated heterocycles. The monoisotopic (exact) mass is 484 g/mol. The zero-order valence-corrected chi connectivity index (χ0v) is 21.1. The van der Waals surface area contributed by atoms with Gasteiger partial charge in [0, 0.05) is 9.79 Å². The second kappa shape index (κ2) is 11.6. The third-order valence-corrected chi connectivity index (χ3v) is 7.04. The number of hydrogen-bond donors (Lipinski definition) is 0. The maximum Gasteiger partial charge on any atom is 0.127 e. The molecule has 5 aromatic rings. The lowest BCUT2D eigenvalue weighted by Crippen LogP contribution is -1.95. The van der Waals surface area contributed by atoms with Crippen LogP contribution >= 0.6 is 11.8 Å². The van der Waals surface area contributed by atoms with E-state index in [1.54, 1.807) is 11.8 Å². The van der Waals surface area contributed by atoms with Crippen molar-refractivity contribution in [2.45, 2.75) is 23.1 Å². The van der Waals surface area contributed by atoms with Gasteiger partial charge in [0.1, 0.15) is 11.5 Å². The molecule has 5 aromatic carbocycles. The molecule has 0 bridgehead atoms. The van der Waals surface area contributed by atoms with Crippen LogP contribution in [0.3, 0.4) is 0 Å². The molecule has 2 heteroatoms. The standard InChI is InChI=1S/C34H28OS/c1-2-33(26-20-24-32(25-21-26)36-31-16-10-5-11-17-31)34(27-12-6-3-7-13-27)28-18-22-30(23-19-28)35-29-14-8-4-9-15-29/h3-25H,2H2,1H3/b34-33+. The number of rotatable bonds is 8. The molecule has 0 heterocycles. The van der Waals surface area contributed by atoms with Gasteiger partial charge in [-0.15, -0.1) is 0 Å². The van der Waals surface area contributed by atoms with E-state index in [2.05, 4.69) is 116 Å². The Morgan fingerprint density at radius 3 is 1.58 bits per heavy atom. The number of hydrogen-bond acceptors (Lipinski definition) is 2. The van der Waals surface area contributed by atoms with Crippen LogP contribution in [0, 0.1) is 0 Å². The van der Waals surface area contributed by atoms with E-state index >= 15 is 0 Å². The molecule has 0 N–H and O–H groups in total. The highest BCUT2D eigenvalue weighted by Crippen LogP contribution is 2.36. The summed E-state index contributed by atoms with van der Waals surface area (Å²) >= 11 is 1.79. The van der Waals surface area contributed by atoms with Gasteiger partial charge >= 0.3 is 0 Å². The summed E-state index contributed by atoms with van der Waals surface area (Å²) < 4.78 is 6.03. The fourth-order valence-electron chi connectivity index (χ4n) is 4.31. The van der Waals surface area contributed by atoms with E-state index in [1.807, 2.05) is 30.3 Å². The maximum absolute atomic E-state index is 6.03. The van der Waals surface area contributed by atoms with Crippen LogP contribution in [-0.2, 0) is 0 Å². The van der Waals surface area contributed by atoms with Gasteiger partial charge in [-0.05, 0) is 82.8 Å². The predicted octanol–water partition coefficient (Wildman–Crippen LogP) is 10.00. The minimum atomic E-state index is 0.831. The summed E-state index contributed by atoms with van der Waals surface area (Å²) in [6.45, 7) is 2.23. The highest BCUT2D eigenvalue weighted by atomic mass is 32.2. The largest absolute Gasteiger partial charge is 0.457 e. The Labute approximate surface area is 218 Å². The van der Waals surface area contributed by atoms with Gasteiger partial charge in [0.15, 0.2) is 0 Å². The summed E-state index contributed by atoms with van der Waals surface area (Å²) in [5.74, 6) is 1.67. The molecular formula is C34H28OS. The van der Waals surface area contributed by atoms with Crippen LogP contribution < -0.4 is 4.74 Å². The third-order valence-electron chi connectivity index (χ3n) is 6.02. The van der Waals surface area contributed by atoms with E-state index in [0.717, 1.165) is 17.9 Å². The van der Waals surface area contributed by atoms with E-state index < -0.39 is 0 Å². The van der Waals surface area contributed by atoms with Crippen molar-refractivity contribution in [1.29, 1.82) is 0 Å². The van der Waals surface area contributed by atoms with E-state index in [1.165, 1.54) is 37.6 Å². The van der Waals surface area contributed by atoms with Gasteiger partial charge in [-0.1, -0.05) is 110 Å². The van der Waals surface area contributed by atoms with Crippen LogP contribution in [0.5, 0.6) is 11.5 Å². The number of allylic oxidation sites excluding steroid dienone is 1. The fourth-order valence-corrected chi connectivity index (χ4v) is 5.15. The molecule has 0 aliphatic rings. The van der Waals surface area contributed by atoms with E-state index in [0.29, 0.717) is 0 Å². The van der Waals surface area contributed by atoms with Crippen molar-refractivity contribution in [2.24, 2.45) is 0 Å². The minimum absolute atomic E-state index is 0.831. The highest BCUT2D eigenvalue weighted by molar-refractivity contribution is 7.99. The van der Waals surface area contributed by atoms with Gasteiger partial charge in [-0.2, -0.15) is 0 Å². The average Bonchev–Trinajstić information content (AvgIpc) is 2.94. The van der Waals surface area contributed by atoms with Crippen molar-refractivity contribution >= 4 is 22.9 Å². The Morgan fingerprint density at radius 2 is 0.972 bits per heavy atom. The first-order chi connectivity index (χ1) is 17.8. The molecule has 0 fully saturated rings. The summed E-state index contributed by atoms with van der Waals surface area (Å²) in [6, 6.07) is 48.5. The lowest BCUT2D eigenvalue weighted by molar-refractivity contribution is 0.482. The Morgan fingerprint density at radius 1 is 0.500 bits per heavy atom. The summed E-state index contributed by atoms with van der Waals surface area (Å²) in [5, 5.41) is 0. The van der Waals surface area contributed by atoms with Gasteiger partial charge in [-0.3, -0.25) is 0 Å². The first-order valence-electron chi connectivity index (χ1n) is 12.3. The summed E-state index contributed by atoms with van der Waals surface area (Å²) in [7, 11) is 0. The molecule has 36 heavy (non-hydrogen) atoms. The topological polar surface area (TPSA) is 9.23 Å². The second-order valence-corrected chi connectivity index (χ2v) is 9.60. The van der Waals surface area contributed by atoms with Crippen molar-refractivity contribution in [3.8, 4) is 11.5 Å². The third kappa shape index (κ3) is 5.79. The summed E-state index contributed by atoms with van der Waals surface area (Å²) in [5.41, 5.74) is 6.23. The molecule has 5 rings (SSSR count). The van der Waals surface area contributed by atoms with Crippen molar-refractivity contribution in [2.75, 3.05) is 0 Å². The Kier molecular flexibility index (Phi) is 7.65. The molecule has 0 amide bonds. The van der Waals surface area contributed by atoms with Crippen molar-refractivity contribution in [3.63, 3.8) is 0 Å². The predicted molar refractivity (Wildman–Crippen MR) is 153 cm³/mol. The van der Waals surface area contributed by atoms with Gasteiger partial charge in [0.2, 0.25) is 0 Å². The highest BCUT2D eigenvalue weighted by Gasteiger charge is 2.13. The fraction of sp³-hybridized carbons (Fsp3) is 0.0588. The Bertz CT molecular complexity index is 1410. The molecule has 0 aliphatic heterocycles. The summed E-state index contributed by atoms with van der Waals surface area (Å²) in [6.07, 6.45) is 0.928. The van der Waals surface area contributed by atoms with Crippen LogP contribution in [0.4, 0.5) is 0 Å². The van der Waals surface area contributed by atoms with Crippen LogP contribution in [0.1, 0.15) is 30.0 Å². The molecule has 0 unspecified atom stereocenters. The molecule has 1 nitrogen and oxygen atoms in total. The van der Waals surface area contributed by atoms with Crippen LogP contribution in [-0.4, -0.2) is 0 Å². The van der Waals surface area contributed by atoms with Crippen molar-refractivity contribution in [3.05, 3.63) is 156 Å². The SMILES string of the molecule is CC/C(=C(/c1ccccc1)c1ccc(Oc2ccccc2)cc1)c1ccc(Sc2ccccc2)cc1. The van der Waals surface area contributed by atoms with Crippen molar-refractivity contribution < 1.29 is 4.74 Å². The Balaban J connectivity index is 1.50. The Hall–Kier alpha value is -4.01. The molecule has 0 atom stereocenters. The molecule has 0 aliphatic carbocycles. The lowest BCUT2D eigenvalue weighted by atomic mass is 9.88. The van der Waals surface area contributed by atoms with Crippen LogP contribution in [0.15, 0.2) is 149 Å². The van der Waals surface area contributed by atoms with Crippen LogP contribution in [0.25, 0.3) is 11.1 Å².